The van der Waals surface area contributed by atoms with Crippen molar-refractivity contribution in [2.24, 2.45) is 7.05 Å². The van der Waals surface area contributed by atoms with Gasteiger partial charge in [0.1, 0.15) is 5.82 Å². The van der Waals surface area contributed by atoms with Gasteiger partial charge >= 0.3 is 0 Å². The minimum atomic E-state index is -0.403. The highest BCUT2D eigenvalue weighted by Crippen LogP contribution is 2.44. The van der Waals surface area contributed by atoms with Gasteiger partial charge in [-0.1, -0.05) is 78.8 Å². The zero-order valence-corrected chi connectivity index (χ0v) is 20.2. The molecule has 0 bridgehead atoms. The molecular weight excluding hydrogens is 449 g/mol. The van der Waals surface area contributed by atoms with E-state index in [-0.39, 0.29) is 36.6 Å². The first-order valence-electron chi connectivity index (χ1n) is 14.9. The van der Waals surface area contributed by atoms with Crippen LogP contribution in [0.2, 0.25) is 0 Å². The number of hydrogen-bond acceptors (Lipinski definition) is 2. The molecule has 0 N–H and O–H groups in total. The Balaban J connectivity index is 1.56. The summed E-state index contributed by atoms with van der Waals surface area (Å²) in [6.45, 7) is -0.130. The lowest BCUT2D eigenvalue weighted by molar-refractivity contribution is 0.951. The fourth-order valence-corrected chi connectivity index (χ4v) is 6.26. The van der Waals surface area contributed by atoms with Crippen molar-refractivity contribution in [3.05, 3.63) is 127 Å². The van der Waals surface area contributed by atoms with Gasteiger partial charge in [0, 0.05) is 41.0 Å². The number of aryl methyl sites for hydroxylation is 1. The molecule has 6 aromatic rings. The molecule has 0 atom stereocenters. The van der Waals surface area contributed by atoms with Crippen LogP contribution in [0.1, 0.15) is 6.85 Å². The summed E-state index contributed by atoms with van der Waals surface area (Å²) in [5.74, 6) is 0.798. The number of fused-ring (bicyclic) bond motifs is 6. The monoisotopic (exact) mass is 478 g/mol. The largest absolute Gasteiger partial charge is 0.330 e. The molecule has 0 spiro atoms. The maximum Gasteiger partial charge on any atom is 0.255 e. The Bertz CT molecular complexity index is 2060. The predicted octanol–water partition coefficient (Wildman–Crippen LogP) is 6.26. The van der Waals surface area contributed by atoms with Crippen LogP contribution in [-0.4, -0.2) is 11.3 Å². The van der Waals surface area contributed by atoms with Gasteiger partial charge in [-0.15, -0.1) is 0 Å². The molecule has 3 heterocycles. The van der Waals surface area contributed by atoms with Gasteiger partial charge < -0.3 is 9.47 Å². The molecule has 2 aliphatic rings. The maximum absolute atomic E-state index is 8.98. The Kier molecular flexibility index (Phi) is 3.33. The summed E-state index contributed by atoms with van der Waals surface area (Å²) in [5, 5.41) is 1.07. The molecule has 174 valence electrons. The van der Waals surface area contributed by atoms with Crippen LogP contribution < -0.4 is 26.2 Å². The quantitative estimate of drug-likeness (QED) is 0.272. The zero-order chi connectivity index (χ0) is 28.9. The second-order valence-corrected chi connectivity index (χ2v) is 9.50. The Morgan fingerprint density at radius 2 is 1.27 bits per heavy atom. The lowest BCUT2D eigenvalue weighted by Gasteiger charge is -2.43. The second-order valence-electron chi connectivity index (χ2n) is 9.50. The van der Waals surface area contributed by atoms with Crippen molar-refractivity contribution < 1.29 is 6.85 Å². The molecule has 3 nitrogen and oxygen atoms in total. The van der Waals surface area contributed by atoms with E-state index < -0.39 is 6.04 Å². The van der Waals surface area contributed by atoms with Gasteiger partial charge in [0.2, 0.25) is 0 Å². The normalized spacial score (nSPS) is 15.3. The third-order valence-corrected chi connectivity index (χ3v) is 7.66. The van der Waals surface area contributed by atoms with Gasteiger partial charge in [-0.05, 0) is 70.3 Å². The molecule has 1 aromatic heterocycles. The van der Waals surface area contributed by atoms with Crippen LogP contribution in [0, 0.1) is 0 Å². The first-order valence-corrected chi connectivity index (χ1v) is 12.4. The average Bonchev–Trinajstić information content (AvgIpc) is 3.32. The smallest absolute Gasteiger partial charge is 0.255 e. The lowest BCUT2D eigenvalue weighted by Crippen LogP contribution is -2.61. The predicted molar refractivity (Wildman–Crippen MR) is 157 cm³/mol. The van der Waals surface area contributed by atoms with E-state index in [1.807, 2.05) is 54.4 Å². The lowest BCUT2D eigenvalue weighted by atomic mass is 9.33. The second kappa shape index (κ2) is 7.65. The first-order chi connectivity index (χ1) is 20.4. The molecular formula is C33H24BN3. The van der Waals surface area contributed by atoms with Crippen LogP contribution in [0.3, 0.4) is 0 Å². The SMILES string of the molecule is [2H]c1c([2H])c([2H])c(N2c3cccc4c3B(c3ccccc3N4c3ccccc3)c3c2n(C)c2ccccc32)c([2H])c1[2H]. The van der Waals surface area contributed by atoms with Gasteiger partial charge in [0.25, 0.3) is 6.71 Å². The summed E-state index contributed by atoms with van der Waals surface area (Å²) in [5.41, 5.74) is 8.31. The fourth-order valence-electron chi connectivity index (χ4n) is 6.26. The van der Waals surface area contributed by atoms with Gasteiger partial charge in [-0.2, -0.15) is 0 Å². The molecule has 0 saturated carbocycles. The molecule has 5 aromatic carbocycles. The molecule has 0 amide bonds. The Labute approximate surface area is 223 Å². The molecule has 0 aliphatic carbocycles. The molecule has 8 rings (SSSR count). The molecule has 0 radical (unpaired) electrons. The standard InChI is InChI=1S/C33H24BN3/c1-35-27-19-10-8-17-25(27)31-33(35)37(24-15-6-3-7-16-24)30-22-12-21-29-32(30)34(31)26-18-9-11-20-28(26)36(29)23-13-4-2-5-14-23/h2-22H,1H3/i3D,6D,7D,15D,16D. The zero-order valence-electron chi connectivity index (χ0n) is 25.2. The van der Waals surface area contributed by atoms with Crippen LogP contribution in [0.4, 0.5) is 34.3 Å². The van der Waals surface area contributed by atoms with Crippen LogP contribution in [0.15, 0.2) is 127 Å². The number of anilines is 6. The molecule has 0 unspecified atom stereocenters. The van der Waals surface area contributed by atoms with Crippen molar-refractivity contribution in [3.8, 4) is 0 Å². The van der Waals surface area contributed by atoms with Crippen molar-refractivity contribution in [1.82, 2.24) is 4.57 Å². The molecule has 0 fully saturated rings. The number of hydrogen-bond donors (Lipinski definition) is 0. The van der Waals surface area contributed by atoms with Crippen LogP contribution in [-0.2, 0) is 7.05 Å². The summed E-state index contributed by atoms with van der Waals surface area (Å²) < 4.78 is 45.3. The van der Waals surface area contributed by atoms with E-state index in [0.717, 1.165) is 55.9 Å². The minimum absolute atomic E-state index is 0.130. The summed E-state index contributed by atoms with van der Waals surface area (Å²) in [4.78, 5) is 4.16. The molecule has 2 aliphatic heterocycles. The number of nitrogens with zero attached hydrogens (tertiary/aromatic N) is 3. The molecule has 4 heteroatoms. The van der Waals surface area contributed by atoms with E-state index in [9.17, 15) is 0 Å². The average molecular weight is 478 g/mol. The van der Waals surface area contributed by atoms with Crippen LogP contribution >= 0.6 is 0 Å². The van der Waals surface area contributed by atoms with E-state index in [1.165, 1.54) is 0 Å². The van der Waals surface area contributed by atoms with E-state index in [2.05, 4.69) is 64.1 Å². The summed E-state index contributed by atoms with van der Waals surface area (Å²) >= 11 is 0. The highest BCUT2D eigenvalue weighted by Gasteiger charge is 2.45. The van der Waals surface area contributed by atoms with Crippen molar-refractivity contribution >= 4 is 68.3 Å². The minimum Gasteiger partial charge on any atom is -0.330 e. The van der Waals surface area contributed by atoms with Crippen molar-refractivity contribution in [1.29, 1.82) is 0 Å². The fraction of sp³-hybridized carbons (Fsp3) is 0.0303. The Morgan fingerprint density at radius 3 is 2.11 bits per heavy atom. The number of para-hydroxylation sites is 4. The highest BCUT2D eigenvalue weighted by molar-refractivity contribution is 7.01. The van der Waals surface area contributed by atoms with Crippen molar-refractivity contribution in [2.75, 3.05) is 9.80 Å². The number of rotatable bonds is 2. The van der Waals surface area contributed by atoms with Crippen LogP contribution in [0.25, 0.3) is 10.9 Å². The Hall–Kier alpha value is -4.70. The van der Waals surface area contributed by atoms with Gasteiger partial charge in [0.15, 0.2) is 0 Å². The van der Waals surface area contributed by atoms with E-state index >= 15 is 0 Å². The van der Waals surface area contributed by atoms with Gasteiger partial charge in [-0.3, -0.25) is 4.90 Å². The molecule has 37 heavy (non-hydrogen) atoms. The van der Waals surface area contributed by atoms with Gasteiger partial charge in [-0.25, -0.2) is 0 Å². The van der Waals surface area contributed by atoms with Crippen LogP contribution in [0.5, 0.6) is 0 Å². The summed E-state index contributed by atoms with van der Waals surface area (Å²) in [7, 11) is 1.99. The van der Waals surface area contributed by atoms with E-state index in [0.29, 0.717) is 0 Å². The number of benzene rings is 5. The van der Waals surface area contributed by atoms with E-state index in [4.69, 9.17) is 6.85 Å². The van der Waals surface area contributed by atoms with Crippen molar-refractivity contribution in [3.63, 3.8) is 0 Å². The number of aromatic nitrogens is 1. The first kappa shape index (κ1) is 16.1. The molecule has 0 saturated heterocycles. The Morgan fingerprint density at radius 1 is 0.595 bits per heavy atom. The summed E-state index contributed by atoms with van der Waals surface area (Å²) in [6, 6.07) is 31.5. The maximum atomic E-state index is 8.98. The highest BCUT2D eigenvalue weighted by atomic mass is 15.3. The third kappa shape index (κ3) is 2.73. The topological polar surface area (TPSA) is 11.4 Å². The van der Waals surface area contributed by atoms with Gasteiger partial charge in [0.05, 0.1) is 6.85 Å². The van der Waals surface area contributed by atoms with E-state index in [1.54, 1.807) is 0 Å². The summed E-state index contributed by atoms with van der Waals surface area (Å²) in [6.07, 6.45) is 0. The van der Waals surface area contributed by atoms with Crippen molar-refractivity contribution in [2.45, 2.75) is 0 Å². The third-order valence-electron chi connectivity index (χ3n) is 7.66.